The number of hydrogen-bond acceptors (Lipinski definition) is 7. The number of rotatable bonds is 3. The molecule has 242 valence electrons. The summed E-state index contributed by atoms with van der Waals surface area (Å²) in [4.78, 5) is 19.8. The van der Waals surface area contributed by atoms with Crippen LogP contribution in [0.4, 0.5) is 10.2 Å². The average molecular weight is 629 g/mol. The quantitative estimate of drug-likeness (QED) is 0.239. The molecule has 2 atom stereocenters. The van der Waals surface area contributed by atoms with Crippen molar-refractivity contribution in [2.75, 3.05) is 24.6 Å². The van der Waals surface area contributed by atoms with Crippen LogP contribution in [0.3, 0.4) is 0 Å². The smallest absolute Gasteiger partial charge is 0.337 e. The van der Waals surface area contributed by atoms with Crippen molar-refractivity contribution in [3.05, 3.63) is 77.8 Å². The summed E-state index contributed by atoms with van der Waals surface area (Å²) in [5.41, 5.74) is 3.35. The van der Waals surface area contributed by atoms with Crippen LogP contribution in [0.25, 0.3) is 28.0 Å². The van der Waals surface area contributed by atoms with E-state index in [-0.39, 0.29) is 11.9 Å². The van der Waals surface area contributed by atoms with Gasteiger partial charge in [-0.25, -0.2) is 14.2 Å². The molecule has 6 bridgehead atoms. The normalized spacial score (nSPS) is 20.9. The van der Waals surface area contributed by atoms with Crippen molar-refractivity contribution in [1.29, 1.82) is 0 Å². The van der Waals surface area contributed by atoms with Crippen LogP contribution in [0, 0.1) is 12.7 Å². The molecule has 9 nitrogen and oxygen atoms in total. The third-order valence-corrected chi connectivity index (χ3v) is 8.56. The lowest BCUT2D eigenvalue weighted by molar-refractivity contribution is -0.160. The van der Waals surface area contributed by atoms with Gasteiger partial charge in [-0.2, -0.15) is 9.61 Å². The number of para-hydroxylation sites is 1. The van der Waals surface area contributed by atoms with E-state index in [0.717, 1.165) is 11.1 Å². The first-order chi connectivity index (χ1) is 21.8. The van der Waals surface area contributed by atoms with E-state index in [1.165, 1.54) is 6.07 Å². The second-order valence-electron chi connectivity index (χ2n) is 13.4. The van der Waals surface area contributed by atoms with Gasteiger partial charge in [0, 0.05) is 36.0 Å². The molecule has 4 aromatic rings. The van der Waals surface area contributed by atoms with E-state index in [4.69, 9.17) is 24.3 Å². The van der Waals surface area contributed by atoms with Gasteiger partial charge in [0.25, 0.3) is 0 Å². The van der Waals surface area contributed by atoms with Crippen LogP contribution in [0.2, 0.25) is 0 Å². The highest BCUT2D eigenvalue weighted by molar-refractivity contribution is 5.80. The third-order valence-electron chi connectivity index (χ3n) is 8.56. The Morgan fingerprint density at radius 1 is 1.13 bits per heavy atom. The lowest BCUT2D eigenvalue weighted by Gasteiger charge is -2.41. The number of benzene rings is 2. The van der Waals surface area contributed by atoms with Crippen molar-refractivity contribution in [2.45, 2.75) is 77.8 Å². The fourth-order valence-corrected chi connectivity index (χ4v) is 6.21. The SMILES string of the molecule is Cc1nc2cc3nn2c(c1[C@H](OC(C)(C)C)C(=O)O)N1CCC(C)(CC1)OCC=C[C@H](C)Oc1c(F)cccc1-c1cccc-3c1. The second-order valence-corrected chi connectivity index (χ2v) is 13.4. The fourth-order valence-electron chi connectivity index (χ4n) is 6.21. The number of carboxylic acid groups (broad SMARTS) is 1. The van der Waals surface area contributed by atoms with Gasteiger partial charge in [0.05, 0.1) is 29.1 Å². The molecule has 0 saturated carbocycles. The Labute approximate surface area is 268 Å². The molecule has 10 heteroatoms. The van der Waals surface area contributed by atoms with Crippen molar-refractivity contribution >= 4 is 17.4 Å². The Balaban J connectivity index is 1.57. The summed E-state index contributed by atoms with van der Waals surface area (Å²) in [5.74, 6) is -0.716. The van der Waals surface area contributed by atoms with Crippen LogP contribution < -0.4 is 9.64 Å². The number of carbonyl (C=O) groups is 1. The summed E-state index contributed by atoms with van der Waals surface area (Å²) in [6.07, 6.45) is 3.57. The fraction of sp³-hybridized carbons (Fsp3) is 0.417. The lowest BCUT2D eigenvalue weighted by atomic mass is 9.92. The van der Waals surface area contributed by atoms with Gasteiger partial charge in [-0.3, -0.25) is 0 Å². The highest BCUT2D eigenvalue weighted by Crippen LogP contribution is 2.39. The number of anilines is 1. The van der Waals surface area contributed by atoms with E-state index in [2.05, 4.69) is 11.8 Å². The van der Waals surface area contributed by atoms with Crippen molar-refractivity contribution in [3.63, 3.8) is 0 Å². The number of aliphatic carboxylic acids is 1. The van der Waals surface area contributed by atoms with Crippen LogP contribution in [-0.4, -0.2) is 62.7 Å². The van der Waals surface area contributed by atoms with Gasteiger partial charge in [-0.1, -0.05) is 36.4 Å². The first kappa shape index (κ1) is 31.7. The summed E-state index contributed by atoms with van der Waals surface area (Å²) in [5, 5.41) is 15.5. The summed E-state index contributed by atoms with van der Waals surface area (Å²) in [6, 6.07) is 14.5. The molecule has 0 spiro atoms. The predicted molar refractivity (Wildman–Crippen MR) is 175 cm³/mol. The molecule has 0 amide bonds. The van der Waals surface area contributed by atoms with Gasteiger partial charge in [0.1, 0.15) is 11.9 Å². The minimum atomic E-state index is -1.26. The molecule has 7 rings (SSSR count). The number of piperidine rings is 1. The monoisotopic (exact) mass is 628 g/mol. The van der Waals surface area contributed by atoms with Crippen molar-refractivity contribution < 1.29 is 28.5 Å². The summed E-state index contributed by atoms with van der Waals surface area (Å²) >= 11 is 0. The second kappa shape index (κ2) is 12.1. The highest BCUT2D eigenvalue weighted by atomic mass is 19.1. The molecule has 3 aliphatic heterocycles. The molecule has 5 heterocycles. The van der Waals surface area contributed by atoms with E-state index in [1.807, 2.05) is 83.2 Å². The molecule has 46 heavy (non-hydrogen) atoms. The Kier molecular flexibility index (Phi) is 8.37. The Bertz CT molecular complexity index is 1800. The van der Waals surface area contributed by atoms with E-state index >= 15 is 4.39 Å². The number of ether oxygens (including phenoxy) is 3. The van der Waals surface area contributed by atoms with Crippen LogP contribution >= 0.6 is 0 Å². The number of carboxylic acids is 1. The van der Waals surface area contributed by atoms with Gasteiger partial charge < -0.3 is 24.2 Å². The minimum absolute atomic E-state index is 0.173. The maximum absolute atomic E-state index is 15.2. The lowest BCUT2D eigenvalue weighted by Crippen LogP contribution is -2.45. The molecule has 3 aliphatic rings. The molecule has 2 aromatic carbocycles. The minimum Gasteiger partial charge on any atom is -0.483 e. The van der Waals surface area contributed by atoms with Gasteiger partial charge in [0.2, 0.25) is 0 Å². The summed E-state index contributed by atoms with van der Waals surface area (Å²) in [7, 11) is 0. The van der Waals surface area contributed by atoms with Gasteiger partial charge in [-0.15, -0.1) is 0 Å². The number of hydrogen-bond donors (Lipinski definition) is 1. The molecule has 0 aliphatic carbocycles. The molecule has 0 unspecified atom stereocenters. The van der Waals surface area contributed by atoms with E-state index < -0.39 is 29.1 Å². The highest BCUT2D eigenvalue weighted by Gasteiger charge is 2.37. The predicted octanol–water partition coefficient (Wildman–Crippen LogP) is 7.16. The van der Waals surface area contributed by atoms with Crippen LogP contribution in [0.5, 0.6) is 5.75 Å². The first-order valence-electron chi connectivity index (χ1n) is 15.7. The molecule has 1 fully saturated rings. The van der Waals surface area contributed by atoms with Crippen molar-refractivity contribution in [3.8, 4) is 28.1 Å². The van der Waals surface area contributed by atoms with Crippen LogP contribution in [0.15, 0.2) is 60.7 Å². The number of fused-ring (bicyclic) bond motifs is 6. The molecule has 1 N–H and O–H groups in total. The third kappa shape index (κ3) is 6.37. The topological polar surface area (TPSA) is 98.4 Å². The van der Waals surface area contributed by atoms with Gasteiger partial charge >= 0.3 is 5.97 Å². The first-order valence-corrected chi connectivity index (χ1v) is 15.7. The standard InChI is InChI=1S/C36H41FN4O5/c1-22-10-9-19-44-36(6)15-17-40(18-16-36)33-30(32(34(42)43)46-35(3,4)5)23(2)38-29-21-28(39-41(29)33)25-12-7-11-24(20-25)26-13-8-14-27(37)31(26)45-22/h7-14,20-22,32H,15-19H2,1-6H3,(H,42,43)/t22-,32-/m0/s1. The van der Waals surface area contributed by atoms with Gasteiger partial charge in [-0.05, 0) is 78.2 Å². The molecular formula is C36H41FN4O5. The van der Waals surface area contributed by atoms with E-state index in [1.54, 1.807) is 10.6 Å². The van der Waals surface area contributed by atoms with Gasteiger partial charge in [0.15, 0.2) is 23.3 Å². The maximum Gasteiger partial charge on any atom is 0.337 e. The van der Waals surface area contributed by atoms with Crippen LogP contribution in [-0.2, 0) is 14.3 Å². The average Bonchev–Trinajstić information content (AvgIpc) is 3.42. The Hall–Kier alpha value is -4.28. The van der Waals surface area contributed by atoms with Crippen molar-refractivity contribution in [1.82, 2.24) is 14.6 Å². The zero-order valence-corrected chi connectivity index (χ0v) is 27.2. The largest absolute Gasteiger partial charge is 0.483 e. The molecular weight excluding hydrogens is 587 g/mol. The molecule has 2 aromatic heterocycles. The zero-order valence-electron chi connectivity index (χ0n) is 27.2. The summed E-state index contributed by atoms with van der Waals surface area (Å²) < 4.78 is 35.6. The Morgan fingerprint density at radius 3 is 2.57 bits per heavy atom. The number of nitrogens with zero attached hydrogens (tertiary/aromatic N) is 4. The number of aryl methyl sites for hydroxylation is 1. The molecule has 1 saturated heterocycles. The van der Waals surface area contributed by atoms with E-state index in [9.17, 15) is 9.90 Å². The van der Waals surface area contributed by atoms with Crippen molar-refractivity contribution in [2.24, 2.45) is 0 Å². The van der Waals surface area contributed by atoms with Crippen LogP contribution in [0.1, 0.15) is 64.8 Å². The number of halogens is 1. The maximum atomic E-state index is 15.2. The number of aromatic nitrogens is 3. The van der Waals surface area contributed by atoms with E-state index in [0.29, 0.717) is 66.5 Å². The zero-order chi connectivity index (χ0) is 32.8. The summed E-state index contributed by atoms with van der Waals surface area (Å²) in [6.45, 7) is 12.9. The Morgan fingerprint density at radius 2 is 1.85 bits per heavy atom. The molecule has 0 radical (unpaired) electrons.